The van der Waals surface area contributed by atoms with E-state index in [4.69, 9.17) is 4.74 Å². The zero-order valence-corrected chi connectivity index (χ0v) is 15.0. The maximum atomic E-state index is 13.1. The lowest BCUT2D eigenvalue weighted by Gasteiger charge is -2.38. The van der Waals surface area contributed by atoms with Gasteiger partial charge in [-0.3, -0.25) is 9.69 Å². The minimum Gasteiger partial charge on any atom is -0.441 e. The Morgan fingerprint density at radius 1 is 1.30 bits per heavy atom. The number of rotatable bonds is 3. The van der Waals surface area contributed by atoms with E-state index in [-0.39, 0.29) is 17.6 Å². The number of hydrogen-bond donors (Lipinski definition) is 1. The summed E-state index contributed by atoms with van der Waals surface area (Å²) in [7, 11) is 0. The fourth-order valence-corrected chi connectivity index (χ4v) is 3.92. The van der Waals surface area contributed by atoms with Crippen molar-refractivity contribution in [1.82, 2.24) is 14.9 Å². The van der Waals surface area contributed by atoms with Crippen LogP contribution in [0.1, 0.15) is 30.4 Å². The first-order chi connectivity index (χ1) is 13.0. The number of nitrogens with zero attached hydrogens (tertiary/aromatic N) is 3. The molecule has 1 N–H and O–H groups in total. The molecule has 1 unspecified atom stereocenters. The number of piperidine rings is 1. The molecule has 142 valence electrons. The molecule has 27 heavy (non-hydrogen) atoms. The number of imidazole rings is 1. The van der Waals surface area contributed by atoms with Crippen molar-refractivity contribution in [3.05, 3.63) is 48.3 Å². The SMILES string of the molecule is CC1(C2CCN(C(=O)c3ncc[nH]3)CC2)CN(c2ccc(F)cc2)C(=O)O1. The van der Waals surface area contributed by atoms with Gasteiger partial charge in [0.15, 0.2) is 5.82 Å². The van der Waals surface area contributed by atoms with Crippen molar-refractivity contribution in [1.29, 1.82) is 0 Å². The van der Waals surface area contributed by atoms with E-state index in [0.29, 0.717) is 31.1 Å². The smallest absolute Gasteiger partial charge is 0.415 e. The Hall–Kier alpha value is -2.90. The van der Waals surface area contributed by atoms with Gasteiger partial charge in [0.05, 0.1) is 6.54 Å². The third-order valence-electron chi connectivity index (χ3n) is 5.50. The van der Waals surface area contributed by atoms with Crippen molar-refractivity contribution in [3.8, 4) is 0 Å². The van der Waals surface area contributed by atoms with Crippen LogP contribution < -0.4 is 4.90 Å². The second-order valence-corrected chi connectivity index (χ2v) is 7.25. The van der Waals surface area contributed by atoms with Gasteiger partial charge in [-0.2, -0.15) is 0 Å². The summed E-state index contributed by atoms with van der Waals surface area (Å²) in [5.41, 5.74) is -0.0128. The average Bonchev–Trinajstić information content (AvgIpc) is 3.31. The minimum atomic E-state index is -0.634. The highest BCUT2D eigenvalue weighted by Gasteiger charge is 2.48. The highest BCUT2D eigenvalue weighted by Crippen LogP contribution is 2.38. The molecular formula is C19H21FN4O3. The predicted molar refractivity (Wildman–Crippen MR) is 95.8 cm³/mol. The Bertz CT molecular complexity index is 831. The van der Waals surface area contributed by atoms with Gasteiger partial charge in [-0.1, -0.05) is 0 Å². The first kappa shape index (κ1) is 17.5. The standard InChI is InChI=1S/C19H21FN4O3/c1-19(12-24(18(26)27-19)15-4-2-14(20)3-5-15)13-6-10-23(11-7-13)17(25)16-21-8-9-22-16/h2-5,8-9,13H,6-7,10-12H2,1H3,(H,21,22). The topological polar surface area (TPSA) is 78.5 Å². The van der Waals surface area contributed by atoms with Crippen LogP contribution in [0.5, 0.6) is 0 Å². The van der Waals surface area contributed by atoms with Gasteiger partial charge in [-0.05, 0) is 44.0 Å². The average molecular weight is 372 g/mol. The fourth-order valence-electron chi connectivity index (χ4n) is 3.92. The molecule has 2 aromatic rings. The molecule has 1 aromatic carbocycles. The van der Waals surface area contributed by atoms with Crippen LogP contribution in [0.15, 0.2) is 36.7 Å². The quantitative estimate of drug-likeness (QED) is 0.899. The Kier molecular flexibility index (Phi) is 4.33. The zero-order valence-electron chi connectivity index (χ0n) is 15.0. The highest BCUT2D eigenvalue weighted by molar-refractivity contribution is 5.91. The number of ether oxygens (including phenoxy) is 1. The number of aromatic amines is 1. The molecule has 2 aliphatic heterocycles. The van der Waals surface area contributed by atoms with Crippen molar-refractivity contribution >= 4 is 17.7 Å². The largest absolute Gasteiger partial charge is 0.441 e. The highest BCUT2D eigenvalue weighted by atomic mass is 19.1. The monoisotopic (exact) mass is 372 g/mol. The lowest BCUT2D eigenvalue weighted by molar-refractivity contribution is -0.00467. The number of nitrogens with one attached hydrogen (secondary N) is 1. The van der Waals surface area contributed by atoms with Crippen LogP contribution in [0.3, 0.4) is 0 Å². The molecule has 1 aromatic heterocycles. The van der Waals surface area contributed by atoms with Gasteiger partial charge < -0.3 is 14.6 Å². The summed E-state index contributed by atoms with van der Waals surface area (Å²) in [5, 5.41) is 0. The molecule has 2 amide bonds. The van der Waals surface area contributed by atoms with E-state index in [1.165, 1.54) is 12.1 Å². The van der Waals surface area contributed by atoms with Crippen LogP contribution in [0.2, 0.25) is 0 Å². The summed E-state index contributed by atoms with van der Waals surface area (Å²) in [6.45, 7) is 3.53. The molecule has 0 radical (unpaired) electrons. The number of amides is 2. The van der Waals surface area contributed by atoms with Gasteiger partial charge in [0.2, 0.25) is 0 Å². The van der Waals surface area contributed by atoms with Crippen LogP contribution in [-0.2, 0) is 4.74 Å². The number of carbonyl (C=O) groups excluding carboxylic acids is 2. The van der Waals surface area contributed by atoms with Gasteiger partial charge in [0, 0.05) is 37.1 Å². The number of likely N-dealkylation sites (tertiary alicyclic amines) is 1. The number of cyclic esters (lactones) is 1. The molecule has 2 saturated heterocycles. The summed E-state index contributed by atoms with van der Waals surface area (Å²) in [5.74, 6) is 0.0321. The molecule has 1 atom stereocenters. The second kappa shape index (κ2) is 6.68. The van der Waals surface area contributed by atoms with Crippen molar-refractivity contribution in [2.75, 3.05) is 24.5 Å². The minimum absolute atomic E-state index is 0.111. The summed E-state index contributed by atoms with van der Waals surface area (Å²) in [6, 6.07) is 5.81. The number of hydrogen-bond acceptors (Lipinski definition) is 4. The summed E-state index contributed by atoms with van der Waals surface area (Å²) in [4.78, 5) is 34.9. The maximum absolute atomic E-state index is 13.1. The molecule has 8 heteroatoms. The van der Waals surface area contributed by atoms with Gasteiger partial charge in [-0.15, -0.1) is 0 Å². The molecule has 7 nitrogen and oxygen atoms in total. The van der Waals surface area contributed by atoms with Crippen molar-refractivity contribution in [2.24, 2.45) is 5.92 Å². The predicted octanol–water partition coefficient (Wildman–Crippen LogP) is 2.82. The van der Waals surface area contributed by atoms with Crippen LogP contribution >= 0.6 is 0 Å². The molecule has 0 bridgehead atoms. The first-order valence-corrected chi connectivity index (χ1v) is 9.01. The van der Waals surface area contributed by atoms with Gasteiger partial charge in [0.25, 0.3) is 5.91 Å². The molecule has 0 spiro atoms. The van der Waals surface area contributed by atoms with Crippen LogP contribution in [0.4, 0.5) is 14.9 Å². The van der Waals surface area contributed by atoms with Crippen LogP contribution in [0.25, 0.3) is 0 Å². The number of H-pyrrole nitrogens is 1. The zero-order chi connectivity index (χ0) is 19.0. The molecule has 4 rings (SSSR count). The summed E-state index contributed by atoms with van der Waals surface area (Å²) < 4.78 is 18.9. The number of anilines is 1. The van der Waals surface area contributed by atoms with E-state index < -0.39 is 11.7 Å². The lowest BCUT2D eigenvalue weighted by Crippen LogP contribution is -2.47. The Morgan fingerprint density at radius 3 is 2.63 bits per heavy atom. The molecule has 0 saturated carbocycles. The normalized spacial score (nSPS) is 23.6. The van der Waals surface area contributed by atoms with Gasteiger partial charge in [-0.25, -0.2) is 14.2 Å². The number of aromatic nitrogens is 2. The van der Waals surface area contributed by atoms with E-state index in [0.717, 1.165) is 12.8 Å². The summed E-state index contributed by atoms with van der Waals surface area (Å²) >= 11 is 0. The molecule has 2 aliphatic rings. The van der Waals surface area contributed by atoms with Crippen molar-refractivity contribution < 1.29 is 18.7 Å². The van der Waals surface area contributed by atoms with Crippen LogP contribution in [0, 0.1) is 11.7 Å². The lowest BCUT2D eigenvalue weighted by atomic mass is 9.81. The maximum Gasteiger partial charge on any atom is 0.415 e. The Labute approximate surface area is 156 Å². The molecule has 2 fully saturated rings. The number of carbonyl (C=O) groups is 2. The van der Waals surface area contributed by atoms with Gasteiger partial charge >= 0.3 is 6.09 Å². The second-order valence-electron chi connectivity index (χ2n) is 7.25. The number of benzene rings is 1. The molecular weight excluding hydrogens is 351 g/mol. The molecule has 0 aliphatic carbocycles. The third kappa shape index (κ3) is 3.27. The van der Waals surface area contributed by atoms with E-state index >= 15 is 0 Å². The Balaban J connectivity index is 1.41. The van der Waals surface area contributed by atoms with Gasteiger partial charge in [0.1, 0.15) is 11.4 Å². The molecule has 3 heterocycles. The van der Waals surface area contributed by atoms with Crippen LogP contribution in [-0.4, -0.2) is 52.1 Å². The van der Waals surface area contributed by atoms with E-state index in [2.05, 4.69) is 9.97 Å². The van der Waals surface area contributed by atoms with E-state index in [1.807, 2.05) is 6.92 Å². The first-order valence-electron chi connectivity index (χ1n) is 9.01. The van der Waals surface area contributed by atoms with E-state index in [9.17, 15) is 14.0 Å². The van der Waals surface area contributed by atoms with Crippen molar-refractivity contribution in [3.63, 3.8) is 0 Å². The van der Waals surface area contributed by atoms with Crippen molar-refractivity contribution in [2.45, 2.75) is 25.4 Å². The Morgan fingerprint density at radius 2 is 2.00 bits per heavy atom. The fraction of sp³-hybridized carbons (Fsp3) is 0.421. The third-order valence-corrected chi connectivity index (χ3v) is 5.50. The number of halogens is 1. The summed E-state index contributed by atoms with van der Waals surface area (Å²) in [6.07, 6.45) is 4.26. The van der Waals surface area contributed by atoms with E-state index in [1.54, 1.807) is 34.3 Å².